The second-order valence-corrected chi connectivity index (χ2v) is 7.38. The SMILES string of the molecule is CCCc1ccc(-c2ccc(-c3ccc(N4C(=O)C=C(C)C4=O)cc3)cc2)cc1. The molecule has 0 spiro atoms. The second kappa shape index (κ2) is 7.88. The van der Waals surface area contributed by atoms with Crippen LogP contribution in [0.15, 0.2) is 84.4 Å². The number of rotatable bonds is 5. The largest absolute Gasteiger partial charge is 0.269 e. The molecule has 144 valence electrons. The highest BCUT2D eigenvalue weighted by Crippen LogP contribution is 2.28. The number of imide groups is 1. The number of hydrogen-bond donors (Lipinski definition) is 0. The van der Waals surface area contributed by atoms with Crippen LogP contribution < -0.4 is 4.90 Å². The molecule has 0 saturated carbocycles. The molecule has 4 rings (SSSR count). The Hall–Kier alpha value is -3.46. The maximum atomic E-state index is 12.1. The minimum Gasteiger partial charge on any atom is -0.269 e. The first-order valence-corrected chi connectivity index (χ1v) is 9.93. The van der Waals surface area contributed by atoms with Gasteiger partial charge in [0, 0.05) is 11.6 Å². The molecule has 0 atom stereocenters. The predicted octanol–water partition coefficient (Wildman–Crippen LogP) is 5.79. The molecule has 0 N–H and O–H groups in total. The third kappa shape index (κ3) is 3.77. The van der Waals surface area contributed by atoms with Crippen molar-refractivity contribution in [2.45, 2.75) is 26.7 Å². The normalized spacial score (nSPS) is 13.7. The molecule has 1 heterocycles. The van der Waals surface area contributed by atoms with E-state index in [1.54, 1.807) is 6.92 Å². The van der Waals surface area contributed by atoms with Gasteiger partial charge in [0.1, 0.15) is 0 Å². The lowest BCUT2D eigenvalue weighted by Crippen LogP contribution is -2.30. The van der Waals surface area contributed by atoms with Gasteiger partial charge in [-0.15, -0.1) is 0 Å². The highest BCUT2D eigenvalue weighted by molar-refractivity contribution is 6.30. The molecule has 3 heteroatoms. The molecule has 3 nitrogen and oxygen atoms in total. The summed E-state index contributed by atoms with van der Waals surface area (Å²) in [5.74, 6) is -0.536. The zero-order valence-electron chi connectivity index (χ0n) is 16.7. The van der Waals surface area contributed by atoms with Gasteiger partial charge in [0.15, 0.2) is 0 Å². The van der Waals surface area contributed by atoms with Crippen molar-refractivity contribution < 1.29 is 9.59 Å². The van der Waals surface area contributed by atoms with Crippen molar-refractivity contribution in [1.29, 1.82) is 0 Å². The zero-order chi connectivity index (χ0) is 20.4. The van der Waals surface area contributed by atoms with Gasteiger partial charge in [-0.3, -0.25) is 9.59 Å². The number of carbonyl (C=O) groups is 2. The van der Waals surface area contributed by atoms with Crippen LogP contribution in [-0.4, -0.2) is 11.8 Å². The Kier molecular flexibility index (Phi) is 5.13. The smallest absolute Gasteiger partial charge is 0.261 e. The van der Waals surface area contributed by atoms with Crippen molar-refractivity contribution in [2.24, 2.45) is 0 Å². The number of hydrogen-bond acceptors (Lipinski definition) is 2. The zero-order valence-corrected chi connectivity index (χ0v) is 16.7. The molecule has 0 saturated heterocycles. The van der Waals surface area contributed by atoms with Gasteiger partial charge in [-0.05, 0) is 53.3 Å². The van der Waals surface area contributed by atoms with Gasteiger partial charge < -0.3 is 0 Å². The fourth-order valence-electron chi connectivity index (χ4n) is 3.64. The number of benzene rings is 3. The van der Waals surface area contributed by atoms with Crippen LogP contribution in [0.1, 0.15) is 25.8 Å². The summed E-state index contributed by atoms with van der Waals surface area (Å²) in [5.41, 5.74) is 6.97. The molecule has 3 aromatic carbocycles. The topological polar surface area (TPSA) is 37.4 Å². The Morgan fingerprint density at radius 1 is 0.690 bits per heavy atom. The predicted molar refractivity (Wildman–Crippen MR) is 118 cm³/mol. The molecule has 29 heavy (non-hydrogen) atoms. The van der Waals surface area contributed by atoms with E-state index in [-0.39, 0.29) is 11.8 Å². The molecule has 0 bridgehead atoms. The van der Waals surface area contributed by atoms with Crippen LogP contribution in [0.25, 0.3) is 22.3 Å². The lowest BCUT2D eigenvalue weighted by molar-refractivity contribution is -0.120. The van der Waals surface area contributed by atoms with E-state index in [0.717, 1.165) is 24.0 Å². The first-order valence-electron chi connectivity index (χ1n) is 9.93. The first-order chi connectivity index (χ1) is 14.1. The Morgan fingerprint density at radius 3 is 1.55 bits per heavy atom. The van der Waals surface area contributed by atoms with E-state index in [4.69, 9.17) is 0 Å². The van der Waals surface area contributed by atoms with Crippen LogP contribution in [0, 0.1) is 0 Å². The molecular formula is C26H23NO2. The van der Waals surface area contributed by atoms with Crippen LogP contribution in [0.5, 0.6) is 0 Å². The van der Waals surface area contributed by atoms with Crippen molar-refractivity contribution >= 4 is 17.5 Å². The summed E-state index contributed by atoms with van der Waals surface area (Å²) in [6.07, 6.45) is 3.65. The molecule has 1 aliphatic heterocycles. The lowest BCUT2D eigenvalue weighted by atomic mass is 9.99. The summed E-state index contributed by atoms with van der Waals surface area (Å²) in [6.45, 7) is 3.85. The van der Waals surface area contributed by atoms with Crippen LogP contribution in [0.3, 0.4) is 0 Å². The highest BCUT2D eigenvalue weighted by Gasteiger charge is 2.29. The lowest BCUT2D eigenvalue weighted by Gasteiger charge is -2.15. The molecule has 0 unspecified atom stereocenters. The second-order valence-electron chi connectivity index (χ2n) is 7.38. The van der Waals surface area contributed by atoms with Gasteiger partial charge in [-0.1, -0.05) is 74.0 Å². The average molecular weight is 381 g/mol. The molecule has 1 aliphatic rings. The summed E-state index contributed by atoms with van der Waals surface area (Å²) in [4.78, 5) is 25.4. The standard InChI is InChI=1S/C26H23NO2/c1-3-4-19-5-7-20(8-6-19)21-9-11-22(12-10-21)23-13-15-24(16-14-23)27-25(28)17-18(2)26(27)29/h5-17H,3-4H2,1-2H3. The van der Waals surface area contributed by atoms with Gasteiger partial charge in [0.2, 0.25) is 0 Å². The molecule has 2 amide bonds. The highest BCUT2D eigenvalue weighted by atomic mass is 16.2. The summed E-state index contributed by atoms with van der Waals surface area (Å²) >= 11 is 0. The minimum atomic E-state index is -0.283. The van der Waals surface area contributed by atoms with Gasteiger partial charge in [0.05, 0.1) is 5.69 Å². The third-order valence-corrected chi connectivity index (χ3v) is 5.27. The number of carbonyl (C=O) groups excluding carboxylic acids is 2. The quantitative estimate of drug-likeness (QED) is 0.524. The van der Waals surface area contributed by atoms with Crippen LogP contribution in [-0.2, 0) is 16.0 Å². The third-order valence-electron chi connectivity index (χ3n) is 5.27. The number of aryl methyl sites for hydroxylation is 1. The Labute approximate surface area is 171 Å². The van der Waals surface area contributed by atoms with Gasteiger partial charge in [-0.25, -0.2) is 4.90 Å². The monoisotopic (exact) mass is 381 g/mol. The summed E-state index contributed by atoms with van der Waals surface area (Å²) in [7, 11) is 0. The Morgan fingerprint density at radius 2 is 1.14 bits per heavy atom. The molecule has 0 fully saturated rings. The van der Waals surface area contributed by atoms with E-state index in [2.05, 4.69) is 55.5 Å². The fraction of sp³-hybridized carbons (Fsp3) is 0.154. The van der Waals surface area contributed by atoms with Crippen molar-refractivity contribution in [3.8, 4) is 22.3 Å². The molecular weight excluding hydrogens is 358 g/mol. The Balaban J connectivity index is 1.52. The van der Waals surface area contributed by atoms with E-state index in [0.29, 0.717) is 11.3 Å². The van der Waals surface area contributed by atoms with Crippen molar-refractivity contribution in [3.63, 3.8) is 0 Å². The van der Waals surface area contributed by atoms with E-state index in [1.807, 2.05) is 24.3 Å². The van der Waals surface area contributed by atoms with Crippen molar-refractivity contribution in [2.75, 3.05) is 4.90 Å². The summed E-state index contributed by atoms with van der Waals surface area (Å²) in [5, 5.41) is 0. The minimum absolute atomic E-state index is 0.253. The Bertz CT molecular complexity index is 1080. The van der Waals surface area contributed by atoms with Gasteiger partial charge in [-0.2, -0.15) is 0 Å². The van der Waals surface area contributed by atoms with Crippen molar-refractivity contribution in [3.05, 3.63) is 90.0 Å². The fourth-order valence-corrected chi connectivity index (χ4v) is 3.64. The number of anilines is 1. The molecule has 0 aromatic heterocycles. The molecule has 0 aliphatic carbocycles. The van der Waals surface area contributed by atoms with Crippen LogP contribution in [0.2, 0.25) is 0 Å². The maximum Gasteiger partial charge on any atom is 0.261 e. The van der Waals surface area contributed by atoms with Gasteiger partial charge >= 0.3 is 0 Å². The number of nitrogens with zero attached hydrogens (tertiary/aromatic N) is 1. The van der Waals surface area contributed by atoms with Crippen LogP contribution in [0.4, 0.5) is 5.69 Å². The van der Waals surface area contributed by atoms with Crippen molar-refractivity contribution in [1.82, 2.24) is 0 Å². The molecule has 3 aromatic rings. The van der Waals surface area contributed by atoms with E-state index < -0.39 is 0 Å². The maximum absolute atomic E-state index is 12.1. The van der Waals surface area contributed by atoms with Gasteiger partial charge in [0.25, 0.3) is 11.8 Å². The first kappa shape index (κ1) is 18.9. The van der Waals surface area contributed by atoms with E-state index in [9.17, 15) is 9.59 Å². The van der Waals surface area contributed by atoms with E-state index in [1.165, 1.54) is 27.7 Å². The summed E-state index contributed by atoms with van der Waals surface area (Å²) < 4.78 is 0. The van der Waals surface area contributed by atoms with Crippen LogP contribution >= 0.6 is 0 Å². The molecule has 0 radical (unpaired) electrons. The number of amides is 2. The summed E-state index contributed by atoms with van der Waals surface area (Å²) in [6, 6.07) is 24.7. The van der Waals surface area contributed by atoms with E-state index >= 15 is 0 Å². The average Bonchev–Trinajstić information content (AvgIpc) is 3.00.